The summed E-state index contributed by atoms with van der Waals surface area (Å²) in [4.78, 5) is 33.4. The number of nitrogens with two attached hydrogens (primary N) is 1. The normalized spacial score (nSPS) is 27.3. The van der Waals surface area contributed by atoms with Gasteiger partial charge in [0.2, 0.25) is 11.8 Å². The molecule has 0 saturated carbocycles. The Labute approximate surface area is 153 Å². The van der Waals surface area contributed by atoms with E-state index >= 15 is 0 Å². The van der Waals surface area contributed by atoms with E-state index in [1.54, 1.807) is 18.3 Å². The van der Waals surface area contributed by atoms with Crippen LogP contribution in [0.3, 0.4) is 0 Å². The minimum Gasteiger partial charge on any atom is -0.381 e. The molecule has 3 fully saturated rings. The molecular weight excluding hydrogens is 332 g/mol. The van der Waals surface area contributed by atoms with Crippen LogP contribution in [0.25, 0.3) is 0 Å². The second kappa shape index (κ2) is 6.87. The fraction of sp³-hybridized carbons (Fsp3) is 0.632. The van der Waals surface area contributed by atoms with Crippen molar-refractivity contribution in [1.82, 2.24) is 9.88 Å². The third-order valence-corrected chi connectivity index (χ3v) is 6.11. The molecule has 7 nitrogen and oxygen atoms in total. The van der Waals surface area contributed by atoms with E-state index in [0.717, 1.165) is 64.2 Å². The molecule has 4 heterocycles. The van der Waals surface area contributed by atoms with Crippen molar-refractivity contribution in [3.05, 3.63) is 23.9 Å². The van der Waals surface area contributed by atoms with Crippen LogP contribution in [0.15, 0.2) is 18.3 Å². The van der Waals surface area contributed by atoms with Gasteiger partial charge in [-0.2, -0.15) is 0 Å². The van der Waals surface area contributed by atoms with Gasteiger partial charge < -0.3 is 20.3 Å². The van der Waals surface area contributed by atoms with Crippen molar-refractivity contribution in [1.29, 1.82) is 0 Å². The summed E-state index contributed by atoms with van der Waals surface area (Å²) in [6.45, 7) is 3.80. The number of amides is 2. The fourth-order valence-electron chi connectivity index (χ4n) is 4.64. The molecule has 1 aromatic heterocycles. The zero-order chi connectivity index (χ0) is 18.1. The van der Waals surface area contributed by atoms with E-state index in [2.05, 4.69) is 14.8 Å². The number of carbonyl (C=O) groups is 2. The largest absolute Gasteiger partial charge is 0.381 e. The average molecular weight is 358 g/mol. The Morgan fingerprint density at radius 3 is 2.85 bits per heavy atom. The highest BCUT2D eigenvalue weighted by Gasteiger charge is 2.50. The van der Waals surface area contributed by atoms with E-state index in [-0.39, 0.29) is 5.41 Å². The number of carbonyl (C=O) groups excluding carboxylic acids is 2. The Balaban J connectivity index is 1.51. The van der Waals surface area contributed by atoms with Crippen molar-refractivity contribution in [2.24, 2.45) is 11.1 Å². The number of hydrogen-bond acceptors (Lipinski definition) is 5. The van der Waals surface area contributed by atoms with Gasteiger partial charge in [0.15, 0.2) is 0 Å². The molecular formula is C19H26N4O3. The van der Waals surface area contributed by atoms with Gasteiger partial charge in [0, 0.05) is 50.7 Å². The summed E-state index contributed by atoms with van der Waals surface area (Å²) < 4.78 is 5.46. The minimum atomic E-state index is -0.456. The van der Waals surface area contributed by atoms with Crippen molar-refractivity contribution in [2.75, 3.05) is 37.7 Å². The Morgan fingerprint density at radius 2 is 2.08 bits per heavy atom. The lowest BCUT2D eigenvalue weighted by Gasteiger charge is -2.44. The first-order chi connectivity index (χ1) is 12.6. The molecule has 1 atom stereocenters. The molecule has 2 N–H and O–H groups in total. The topological polar surface area (TPSA) is 88.8 Å². The first kappa shape index (κ1) is 17.3. The highest BCUT2D eigenvalue weighted by Crippen LogP contribution is 2.42. The molecule has 3 saturated heterocycles. The molecule has 7 heteroatoms. The lowest BCUT2D eigenvalue weighted by molar-refractivity contribution is -0.149. The Morgan fingerprint density at radius 1 is 1.27 bits per heavy atom. The zero-order valence-electron chi connectivity index (χ0n) is 15.0. The van der Waals surface area contributed by atoms with E-state index in [1.807, 2.05) is 0 Å². The van der Waals surface area contributed by atoms with Crippen LogP contribution < -0.4 is 10.6 Å². The summed E-state index contributed by atoms with van der Waals surface area (Å²) in [5.41, 5.74) is 5.52. The predicted molar refractivity (Wildman–Crippen MR) is 96.8 cm³/mol. The summed E-state index contributed by atoms with van der Waals surface area (Å²) in [6.07, 6.45) is 6.30. The molecule has 2 amide bonds. The molecule has 0 unspecified atom stereocenters. The number of anilines is 1. The van der Waals surface area contributed by atoms with Crippen LogP contribution >= 0.6 is 0 Å². The average Bonchev–Trinajstić information content (AvgIpc) is 3.10. The standard InChI is InChI=1S/C19H26N4O3/c20-17(24)14-2-7-21-16(12-14)22-9-6-19(13-22)5-1-8-23(18(19)25)15-3-10-26-11-4-15/h2,7,12,15H,1,3-6,8-11,13H2,(H2,20,24)/t19-/m0/s1. The maximum absolute atomic E-state index is 13.4. The van der Waals surface area contributed by atoms with Crippen LogP contribution in [0.4, 0.5) is 5.82 Å². The van der Waals surface area contributed by atoms with Gasteiger partial charge in [-0.1, -0.05) is 0 Å². The summed E-state index contributed by atoms with van der Waals surface area (Å²) in [6, 6.07) is 3.67. The third-order valence-electron chi connectivity index (χ3n) is 6.11. The van der Waals surface area contributed by atoms with Crippen LogP contribution in [0.5, 0.6) is 0 Å². The van der Waals surface area contributed by atoms with Crippen LogP contribution in [-0.4, -0.2) is 60.6 Å². The van der Waals surface area contributed by atoms with E-state index < -0.39 is 5.91 Å². The number of hydrogen-bond donors (Lipinski definition) is 1. The van der Waals surface area contributed by atoms with Crippen LogP contribution in [-0.2, 0) is 9.53 Å². The fourth-order valence-corrected chi connectivity index (χ4v) is 4.64. The molecule has 1 spiro atoms. The molecule has 0 aliphatic carbocycles. The monoisotopic (exact) mass is 358 g/mol. The van der Waals surface area contributed by atoms with E-state index in [0.29, 0.717) is 24.1 Å². The van der Waals surface area contributed by atoms with Gasteiger partial charge >= 0.3 is 0 Å². The Kier molecular flexibility index (Phi) is 4.56. The lowest BCUT2D eigenvalue weighted by Crippen LogP contribution is -2.54. The quantitative estimate of drug-likeness (QED) is 0.876. The Hall–Kier alpha value is -2.15. The van der Waals surface area contributed by atoms with Crippen LogP contribution in [0.2, 0.25) is 0 Å². The zero-order valence-corrected chi connectivity index (χ0v) is 15.0. The van der Waals surface area contributed by atoms with E-state index in [1.165, 1.54) is 0 Å². The predicted octanol–water partition coefficient (Wildman–Crippen LogP) is 1.18. The number of rotatable bonds is 3. The first-order valence-electron chi connectivity index (χ1n) is 9.49. The van der Waals surface area contributed by atoms with Crippen LogP contribution in [0, 0.1) is 5.41 Å². The number of primary amides is 1. The van der Waals surface area contributed by atoms with Gasteiger partial charge in [-0.3, -0.25) is 9.59 Å². The van der Waals surface area contributed by atoms with Gasteiger partial charge in [-0.15, -0.1) is 0 Å². The summed E-state index contributed by atoms with van der Waals surface area (Å²) in [5, 5.41) is 0. The van der Waals surface area contributed by atoms with E-state index in [9.17, 15) is 9.59 Å². The minimum absolute atomic E-state index is 0.296. The molecule has 0 bridgehead atoms. The number of ether oxygens (including phenoxy) is 1. The molecule has 0 radical (unpaired) electrons. The third kappa shape index (κ3) is 3.05. The Bertz CT molecular complexity index is 704. The molecule has 140 valence electrons. The number of pyridine rings is 1. The second-order valence-corrected chi connectivity index (χ2v) is 7.66. The van der Waals surface area contributed by atoms with Gasteiger partial charge in [0.1, 0.15) is 5.82 Å². The number of piperidine rings is 1. The number of aromatic nitrogens is 1. The summed E-state index contributed by atoms with van der Waals surface area (Å²) >= 11 is 0. The smallest absolute Gasteiger partial charge is 0.248 e. The number of likely N-dealkylation sites (tertiary alicyclic amines) is 1. The maximum Gasteiger partial charge on any atom is 0.248 e. The van der Waals surface area contributed by atoms with Crippen molar-refractivity contribution < 1.29 is 14.3 Å². The molecule has 0 aromatic carbocycles. The number of nitrogens with zero attached hydrogens (tertiary/aromatic N) is 3. The lowest BCUT2D eigenvalue weighted by atomic mass is 9.77. The molecule has 26 heavy (non-hydrogen) atoms. The summed E-state index contributed by atoms with van der Waals surface area (Å²) in [5.74, 6) is 0.570. The van der Waals surface area contributed by atoms with Gasteiger partial charge in [0.05, 0.1) is 5.41 Å². The van der Waals surface area contributed by atoms with Crippen molar-refractivity contribution in [3.8, 4) is 0 Å². The van der Waals surface area contributed by atoms with Crippen molar-refractivity contribution in [3.63, 3.8) is 0 Å². The molecule has 1 aromatic rings. The highest BCUT2D eigenvalue weighted by molar-refractivity contribution is 5.93. The molecule has 3 aliphatic heterocycles. The van der Waals surface area contributed by atoms with Crippen LogP contribution in [0.1, 0.15) is 42.5 Å². The maximum atomic E-state index is 13.4. The SMILES string of the molecule is NC(=O)c1ccnc(N2CC[C@@]3(CCCN(C4CCOCC4)C3=O)C2)c1. The van der Waals surface area contributed by atoms with Gasteiger partial charge in [0.25, 0.3) is 0 Å². The summed E-state index contributed by atoms with van der Waals surface area (Å²) in [7, 11) is 0. The van der Waals surface area contributed by atoms with Gasteiger partial charge in [-0.05, 0) is 44.2 Å². The van der Waals surface area contributed by atoms with Gasteiger partial charge in [-0.25, -0.2) is 4.98 Å². The van der Waals surface area contributed by atoms with E-state index in [4.69, 9.17) is 10.5 Å². The molecule has 4 rings (SSSR count). The molecule has 3 aliphatic rings. The second-order valence-electron chi connectivity index (χ2n) is 7.66. The first-order valence-corrected chi connectivity index (χ1v) is 9.49. The van der Waals surface area contributed by atoms with Crippen molar-refractivity contribution in [2.45, 2.75) is 38.1 Å². The van der Waals surface area contributed by atoms with Crippen molar-refractivity contribution >= 4 is 17.6 Å². The highest BCUT2D eigenvalue weighted by atomic mass is 16.5.